The minimum atomic E-state index is 0.838. The molecule has 0 unspecified atom stereocenters. The number of hydrogen-bond donors (Lipinski definition) is 1. The van der Waals surface area contributed by atoms with E-state index in [9.17, 15) is 0 Å². The molecule has 0 saturated heterocycles. The summed E-state index contributed by atoms with van der Waals surface area (Å²) in [7, 11) is 4.07. The van der Waals surface area contributed by atoms with Crippen molar-refractivity contribution in [3.63, 3.8) is 0 Å². The van der Waals surface area contributed by atoms with Crippen LogP contribution in [0.1, 0.15) is 13.3 Å². The van der Waals surface area contributed by atoms with E-state index >= 15 is 0 Å². The smallest absolute Gasteiger partial charge is 0.0516 e. The quantitative estimate of drug-likeness (QED) is 0.620. The maximum atomic E-state index is 5.36. The Morgan fingerprint density at radius 3 is 2.58 bits per heavy atom. The largest absolute Gasteiger partial charge is 0.404 e. The van der Waals surface area contributed by atoms with Crippen molar-refractivity contribution in [2.45, 2.75) is 13.3 Å². The van der Waals surface area contributed by atoms with Gasteiger partial charge in [0.2, 0.25) is 0 Å². The molecule has 0 heterocycles. The summed E-state index contributed by atoms with van der Waals surface area (Å²) < 4.78 is 0. The zero-order chi connectivity index (χ0) is 9.40. The van der Waals surface area contributed by atoms with Crippen LogP contribution >= 0.6 is 0 Å². The molecule has 12 heavy (non-hydrogen) atoms. The number of likely N-dealkylation sites (N-methyl/N-ethyl adjacent to an activating group) is 1. The highest BCUT2D eigenvalue weighted by Crippen LogP contribution is 1.92. The standard InChI is InChI=1S/C9H19N3/c1-4-9(7-10)8-11-5-6-12(2)3/h7-8H,4-6,10H2,1-3H3/b9-7-,11-8?. The Hall–Kier alpha value is -0.830. The van der Waals surface area contributed by atoms with Crippen molar-refractivity contribution in [1.29, 1.82) is 0 Å². The number of rotatable bonds is 5. The highest BCUT2D eigenvalue weighted by molar-refractivity contribution is 5.78. The van der Waals surface area contributed by atoms with Crippen LogP contribution < -0.4 is 5.73 Å². The predicted octanol–water partition coefficient (Wildman–Crippen LogP) is 0.871. The maximum absolute atomic E-state index is 5.36. The lowest BCUT2D eigenvalue weighted by Crippen LogP contribution is -2.15. The van der Waals surface area contributed by atoms with Crippen LogP contribution in [0.3, 0.4) is 0 Å². The van der Waals surface area contributed by atoms with Gasteiger partial charge in [0.25, 0.3) is 0 Å². The van der Waals surface area contributed by atoms with E-state index in [1.807, 2.05) is 20.3 Å². The van der Waals surface area contributed by atoms with Crippen LogP contribution in [0.2, 0.25) is 0 Å². The summed E-state index contributed by atoms with van der Waals surface area (Å²) in [6, 6.07) is 0. The minimum absolute atomic E-state index is 0.838. The Morgan fingerprint density at radius 1 is 1.50 bits per heavy atom. The van der Waals surface area contributed by atoms with Gasteiger partial charge in [0.15, 0.2) is 0 Å². The number of nitrogens with two attached hydrogens (primary N) is 1. The van der Waals surface area contributed by atoms with E-state index in [1.54, 1.807) is 6.20 Å². The van der Waals surface area contributed by atoms with Crippen molar-refractivity contribution >= 4 is 6.21 Å². The summed E-state index contributed by atoms with van der Waals surface area (Å²) in [5, 5.41) is 0. The van der Waals surface area contributed by atoms with E-state index in [0.29, 0.717) is 0 Å². The van der Waals surface area contributed by atoms with Gasteiger partial charge in [0, 0.05) is 12.8 Å². The fourth-order valence-electron chi connectivity index (χ4n) is 0.692. The fourth-order valence-corrected chi connectivity index (χ4v) is 0.692. The zero-order valence-electron chi connectivity index (χ0n) is 8.25. The molecule has 0 aromatic heterocycles. The van der Waals surface area contributed by atoms with Gasteiger partial charge in [-0.1, -0.05) is 6.92 Å². The zero-order valence-corrected chi connectivity index (χ0v) is 8.25. The minimum Gasteiger partial charge on any atom is -0.404 e. The monoisotopic (exact) mass is 169 g/mol. The first kappa shape index (κ1) is 11.2. The van der Waals surface area contributed by atoms with Crippen molar-refractivity contribution in [3.8, 4) is 0 Å². The number of hydrogen-bond acceptors (Lipinski definition) is 3. The molecule has 2 N–H and O–H groups in total. The van der Waals surface area contributed by atoms with Crippen LogP contribution in [0, 0.1) is 0 Å². The third kappa shape index (κ3) is 5.92. The Labute approximate surface area is 75.0 Å². The van der Waals surface area contributed by atoms with Gasteiger partial charge in [-0.25, -0.2) is 0 Å². The lowest BCUT2D eigenvalue weighted by Gasteiger charge is -2.05. The molecular formula is C9H19N3. The molecule has 0 fully saturated rings. The van der Waals surface area contributed by atoms with Crippen LogP contribution in [0.15, 0.2) is 16.8 Å². The van der Waals surface area contributed by atoms with Gasteiger partial charge in [-0.2, -0.15) is 0 Å². The van der Waals surface area contributed by atoms with E-state index in [4.69, 9.17) is 5.73 Å². The van der Waals surface area contributed by atoms with Gasteiger partial charge < -0.3 is 10.6 Å². The molecule has 0 rings (SSSR count). The summed E-state index contributed by atoms with van der Waals surface area (Å²) >= 11 is 0. The molecule has 0 spiro atoms. The molecule has 0 radical (unpaired) electrons. The van der Waals surface area contributed by atoms with Crippen molar-refractivity contribution in [1.82, 2.24) is 4.90 Å². The summed E-state index contributed by atoms with van der Waals surface area (Å²) in [4.78, 5) is 6.34. The lowest BCUT2D eigenvalue weighted by atomic mass is 10.2. The Balaban J connectivity index is 3.61. The fraction of sp³-hybridized carbons (Fsp3) is 0.667. The molecule has 0 aliphatic rings. The van der Waals surface area contributed by atoms with Gasteiger partial charge in [0.1, 0.15) is 0 Å². The second kappa shape index (κ2) is 6.85. The maximum Gasteiger partial charge on any atom is 0.0516 e. The lowest BCUT2D eigenvalue weighted by molar-refractivity contribution is 0.421. The van der Waals surface area contributed by atoms with Crippen LogP contribution in [0.25, 0.3) is 0 Å². The number of allylic oxidation sites excluding steroid dienone is 1. The highest BCUT2D eigenvalue weighted by Gasteiger charge is 1.87. The predicted molar refractivity (Wildman–Crippen MR) is 54.5 cm³/mol. The molecule has 0 bridgehead atoms. The average Bonchev–Trinajstić information content (AvgIpc) is 2.04. The van der Waals surface area contributed by atoms with Crippen molar-refractivity contribution < 1.29 is 0 Å². The normalized spacial score (nSPS) is 13.2. The van der Waals surface area contributed by atoms with Crippen molar-refractivity contribution in [2.75, 3.05) is 27.2 Å². The molecule has 0 aliphatic carbocycles. The van der Waals surface area contributed by atoms with E-state index < -0.39 is 0 Å². The van der Waals surface area contributed by atoms with Gasteiger partial charge >= 0.3 is 0 Å². The first-order chi connectivity index (χ1) is 5.70. The van der Waals surface area contributed by atoms with Gasteiger partial charge in [-0.3, -0.25) is 4.99 Å². The summed E-state index contributed by atoms with van der Waals surface area (Å²) in [6.45, 7) is 3.89. The van der Waals surface area contributed by atoms with Gasteiger partial charge in [0.05, 0.1) is 6.54 Å². The summed E-state index contributed by atoms with van der Waals surface area (Å²) in [5.41, 5.74) is 6.45. The topological polar surface area (TPSA) is 41.6 Å². The summed E-state index contributed by atoms with van der Waals surface area (Å²) in [6.07, 6.45) is 4.41. The van der Waals surface area contributed by atoms with Crippen molar-refractivity contribution in [2.24, 2.45) is 10.7 Å². The third-order valence-corrected chi connectivity index (χ3v) is 1.56. The molecule has 0 aromatic rings. The van der Waals surface area contributed by atoms with Crippen LogP contribution in [-0.4, -0.2) is 38.3 Å². The van der Waals surface area contributed by atoms with Crippen LogP contribution in [0.5, 0.6) is 0 Å². The van der Waals surface area contributed by atoms with E-state index in [-0.39, 0.29) is 0 Å². The van der Waals surface area contributed by atoms with E-state index in [0.717, 1.165) is 25.1 Å². The van der Waals surface area contributed by atoms with E-state index in [1.165, 1.54) is 0 Å². The molecule has 0 saturated carbocycles. The molecular weight excluding hydrogens is 150 g/mol. The molecule has 70 valence electrons. The highest BCUT2D eigenvalue weighted by atomic mass is 15.1. The Bertz CT molecular complexity index is 159. The van der Waals surface area contributed by atoms with Crippen molar-refractivity contribution in [3.05, 3.63) is 11.8 Å². The Morgan fingerprint density at radius 2 is 2.17 bits per heavy atom. The van der Waals surface area contributed by atoms with Crippen LogP contribution in [-0.2, 0) is 0 Å². The average molecular weight is 169 g/mol. The second-order valence-electron chi connectivity index (χ2n) is 2.93. The SMILES string of the molecule is CC/C(C=NCCN(C)C)=C/N. The van der Waals surface area contributed by atoms with Gasteiger partial charge in [-0.15, -0.1) is 0 Å². The summed E-state index contributed by atoms with van der Waals surface area (Å²) in [5.74, 6) is 0. The molecule has 0 aromatic carbocycles. The molecule has 0 aliphatic heterocycles. The molecule has 0 atom stereocenters. The number of nitrogens with zero attached hydrogens (tertiary/aromatic N) is 2. The Kier molecular flexibility index (Phi) is 6.38. The third-order valence-electron chi connectivity index (χ3n) is 1.56. The second-order valence-corrected chi connectivity index (χ2v) is 2.93. The first-order valence-electron chi connectivity index (χ1n) is 4.26. The molecule has 0 amide bonds. The number of aliphatic imine (C=N–C) groups is 1. The molecule has 3 nitrogen and oxygen atoms in total. The first-order valence-corrected chi connectivity index (χ1v) is 4.26. The van der Waals surface area contributed by atoms with Crippen LogP contribution in [0.4, 0.5) is 0 Å². The van der Waals surface area contributed by atoms with E-state index in [2.05, 4.69) is 16.8 Å². The van der Waals surface area contributed by atoms with Gasteiger partial charge in [-0.05, 0) is 32.3 Å². The molecule has 3 heteroatoms.